The Morgan fingerprint density at radius 3 is 2.47 bits per heavy atom. The van der Waals surface area contributed by atoms with E-state index in [1.165, 1.54) is 6.07 Å². The fourth-order valence-corrected chi connectivity index (χ4v) is 1.13. The topological polar surface area (TPSA) is 52.4 Å². The highest BCUT2D eigenvalue weighted by atomic mass is 35.6. The molecule has 0 aliphatic heterocycles. The van der Waals surface area contributed by atoms with Gasteiger partial charge in [-0.05, 0) is 46.9 Å². The standard InChI is InChI=1S/C7H3Cl3FNO3/c8-7(9,10)15-5-3-1-2-4(11)6(5)12(13)14/h1-3H. The second kappa shape index (κ2) is 4.38. The first-order valence-electron chi connectivity index (χ1n) is 3.50. The van der Waals surface area contributed by atoms with Crippen molar-refractivity contribution >= 4 is 40.5 Å². The molecule has 0 aliphatic rings. The van der Waals surface area contributed by atoms with E-state index in [0.29, 0.717) is 0 Å². The molecule has 1 aromatic carbocycles. The zero-order valence-electron chi connectivity index (χ0n) is 6.92. The molecule has 0 aromatic heterocycles. The zero-order valence-corrected chi connectivity index (χ0v) is 9.18. The molecular formula is C7H3Cl3FNO3. The summed E-state index contributed by atoms with van der Waals surface area (Å²) in [5.74, 6) is -1.51. The quantitative estimate of drug-likeness (QED) is 0.471. The second-order valence-electron chi connectivity index (χ2n) is 2.39. The van der Waals surface area contributed by atoms with Crippen LogP contribution in [0, 0.1) is 15.9 Å². The average Bonchev–Trinajstić information content (AvgIpc) is 1.99. The Bertz CT molecular complexity index is 394. The zero-order chi connectivity index (χ0) is 11.6. The number of nitrogens with zero attached hydrogens (tertiary/aromatic N) is 1. The summed E-state index contributed by atoms with van der Waals surface area (Å²) < 4.78 is 15.4. The summed E-state index contributed by atoms with van der Waals surface area (Å²) in [7, 11) is 0. The number of benzene rings is 1. The molecule has 0 atom stereocenters. The predicted molar refractivity (Wildman–Crippen MR) is 54.0 cm³/mol. The van der Waals surface area contributed by atoms with E-state index in [1.807, 2.05) is 0 Å². The maximum atomic E-state index is 13.0. The molecule has 0 amide bonds. The minimum Gasteiger partial charge on any atom is -0.438 e. The van der Waals surface area contributed by atoms with Gasteiger partial charge in [0, 0.05) is 0 Å². The van der Waals surface area contributed by atoms with Crippen LogP contribution in [0.3, 0.4) is 0 Å². The molecular weight excluding hydrogens is 271 g/mol. The van der Waals surface area contributed by atoms with E-state index in [9.17, 15) is 14.5 Å². The lowest BCUT2D eigenvalue weighted by Gasteiger charge is -2.13. The van der Waals surface area contributed by atoms with E-state index in [4.69, 9.17) is 34.8 Å². The molecule has 0 heterocycles. The van der Waals surface area contributed by atoms with Crippen LogP contribution >= 0.6 is 34.8 Å². The highest BCUT2D eigenvalue weighted by Gasteiger charge is 2.29. The van der Waals surface area contributed by atoms with Crippen molar-refractivity contribution in [1.29, 1.82) is 0 Å². The van der Waals surface area contributed by atoms with Gasteiger partial charge in [-0.25, -0.2) is 0 Å². The second-order valence-corrected chi connectivity index (χ2v) is 4.57. The molecule has 0 fully saturated rings. The van der Waals surface area contributed by atoms with E-state index in [0.717, 1.165) is 12.1 Å². The fourth-order valence-electron chi connectivity index (χ4n) is 0.880. The molecule has 0 unspecified atom stereocenters. The number of alkyl halides is 3. The molecule has 1 rings (SSSR count). The van der Waals surface area contributed by atoms with Crippen molar-refractivity contribution in [3.63, 3.8) is 0 Å². The highest BCUT2D eigenvalue weighted by molar-refractivity contribution is 6.66. The lowest BCUT2D eigenvalue weighted by Crippen LogP contribution is -2.14. The van der Waals surface area contributed by atoms with E-state index in [2.05, 4.69) is 4.74 Å². The van der Waals surface area contributed by atoms with Gasteiger partial charge in [0.05, 0.1) is 4.92 Å². The molecule has 0 bridgehead atoms. The maximum Gasteiger partial charge on any atom is 0.346 e. The Morgan fingerprint density at radius 1 is 1.40 bits per heavy atom. The van der Waals surface area contributed by atoms with E-state index in [-0.39, 0.29) is 0 Å². The minimum atomic E-state index is -2.18. The first-order valence-corrected chi connectivity index (χ1v) is 4.63. The number of ether oxygens (including phenoxy) is 1. The Kier molecular flexibility index (Phi) is 3.59. The molecule has 8 heteroatoms. The summed E-state index contributed by atoms with van der Waals surface area (Å²) in [5.41, 5.74) is -0.871. The van der Waals surface area contributed by atoms with Crippen molar-refractivity contribution in [2.75, 3.05) is 0 Å². The molecule has 1 aromatic rings. The molecule has 0 aliphatic carbocycles. The molecule has 4 nitrogen and oxygen atoms in total. The largest absolute Gasteiger partial charge is 0.438 e. The van der Waals surface area contributed by atoms with E-state index < -0.39 is 26.2 Å². The van der Waals surface area contributed by atoms with Crippen LogP contribution in [-0.2, 0) is 0 Å². The molecule has 15 heavy (non-hydrogen) atoms. The van der Waals surface area contributed by atoms with Gasteiger partial charge < -0.3 is 4.74 Å². The summed E-state index contributed by atoms with van der Waals surface area (Å²) in [6.07, 6.45) is 0. The lowest BCUT2D eigenvalue weighted by atomic mass is 10.3. The van der Waals surface area contributed by atoms with Gasteiger partial charge in [-0.1, -0.05) is 6.07 Å². The van der Waals surface area contributed by atoms with Crippen LogP contribution in [0.4, 0.5) is 10.1 Å². The van der Waals surface area contributed by atoms with Crippen LogP contribution in [0.5, 0.6) is 5.75 Å². The highest BCUT2D eigenvalue weighted by Crippen LogP contribution is 2.36. The van der Waals surface area contributed by atoms with Crippen LogP contribution in [0.1, 0.15) is 0 Å². The van der Waals surface area contributed by atoms with Crippen LogP contribution < -0.4 is 4.74 Å². The van der Waals surface area contributed by atoms with Gasteiger partial charge in [-0.2, -0.15) is 4.39 Å². The molecule has 82 valence electrons. The minimum absolute atomic E-state index is 0.444. The number of rotatable bonds is 2. The van der Waals surface area contributed by atoms with Gasteiger partial charge in [0.15, 0.2) is 0 Å². The first-order chi connectivity index (χ1) is 6.81. The number of nitro benzene ring substituents is 1. The van der Waals surface area contributed by atoms with E-state index >= 15 is 0 Å². The number of halogens is 4. The van der Waals surface area contributed by atoms with Crippen LogP contribution in [0.2, 0.25) is 0 Å². The van der Waals surface area contributed by atoms with Crippen LogP contribution in [-0.4, -0.2) is 8.90 Å². The third-order valence-corrected chi connectivity index (χ3v) is 1.59. The van der Waals surface area contributed by atoms with Crippen molar-refractivity contribution in [3.8, 4) is 5.75 Å². The monoisotopic (exact) mass is 273 g/mol. The molecule has 0 spiro atoms. The predicted octanol–water partition coefficient (Wildman–Crippen LogP) is 3.44. The smallest absolute Gasteiger partial charge is 0.346 e. The van der Waals surface area contributed by atoms with Gasteiger partial charge >= 0.3 is 9.67 Å². The van der Waals surface area contributed by atoms with Gasteiger partial charge in [-0.15, -0.1) is 0 Å². The van der Waals surface area contributed by atoms with Crippen molar-refractivity contribution in [1.82, 2.24) is 0 Å². The number of hydrogen-bond donors (Lipinski definition) is 0. The molecule has 0 radical (unpaired) electrons. The SMILES string of the molecule is O=[N+]([O-])c1c(F)cccc1OC(Cl)(Cl)Cl. The lowest BCUT2D eigenvalue weighted by molar-refractivity contribution is -0.388. The first kappa shape index (κ1) is 12.3. The van der Waals surface area contributed by atoms with Crippen molar-refractivity contribution < 1.29 is 14.1 Å². The summed E-state index contributed by atoms with van der Waals surface area (Å²) >= 11 is 15.8. The summed E-state index contributed by atoms with van der Waals surface area (Å²) in [6, 6.07) is 3.24. The van der Waals surface area contributed by atoms with Crippen molar-refractivity contribution in [2.24, 2.45) is 0 Å². The number of hydrogen-bond acceptors (Lipinski definition) is 3. The van der Waals surface area contributed by atoms with Crippen LogP contribution in [0.25, 0.3) is 0 Å². The number of para-hydroxylation sites is 1. The Hall–Kier alpha value is -0.780. The van der Waals surface area contributed by atoms with Gasteiger partial charge in [-0.3, -0.25) is 10.1 Å². The molecule has 0 N–H and O–H groups in total. The average molecular weight is 274 g/mol. The van der Waals surface area contributed by atoms with E-state index in [1.54, 1.807) is 0 Å². The summed E-state index contributed by atoms with van der Waals surface area (Å²) in [6.45, 7) is 0. The molecule has 0 saturated carbocycles. The van der Waals surface area contributed by atoms with Gasteiger partial charge in [0.25, 0.3) is 0 Å². The Balaban J connectivity index is 3.18. The van der Waals surface area contributed by atoms with Crippen molar-refractivity contribution in [2.45, 2.75) is 3.98 Å². The molecule has 0 saturated heterocycles. The van der Waals surface area contributed by atoms with Gasteiger partial charge in [0.1, 0.15) is 0 Å². The van der Waals surface area contributed by atoms with Crippen LogP contribution in [0.15, 0.2) is 18.2 Å². The van der Waals surface area contributed by atoms with Crippen molar-refractivity contribution in [3.05, 3.63) is 34.1 Å². The summed E-state index contributed by atoms with van der Waals surface area (Å²) in [5, 5.41) is 10.5. The van der Waals surface area contributed by atoms with Gasteiger partial charge in [0.2, 0.25) is 11.6 Å². The number of nitro groups is 1. The third kappa shape index (κ3) is 3.37. The maximum absolute atomic E-state index is 13.0. The summed E-state index contributed by atoms with van der Waals surface area (Å²) in [4.78, 5) is 9.53. The third-order valence-electron chi connectivity index (χ3n) is 1.36. The normalized spacial score (nSPS) is 11.2. The fraction of sp³-hybridized carbons (Fsp3) is 0.143. The Labute approximate surface area is 98.6 Å². The Morgan fingerprint density at radius 2 is 2.00 bits per heavy atom.